The van der Waals surface area contributed by atoms with Crippen LogP contribution in [0.3, 0.4) is 0 Å². The lowest BCUT2D eigenvalue weighted by molar-refractivity contribution is -0.121. The smallest absolute Gasteiger partial charge is 0.410 e. The standard InChI is InChI=1S/C16H22N2O6S/c1-16(2,3)24-15(21)17-6-7-18(11(19)9-17)12-8-10(22-4)13(25-12)14(20)23-5/h8H,6-7,9H2,1-5H3. The second-order valence-corrected chi connectivity index (χ2v) is 7.45. The number of ether oxygens (including phenoxy) is 3. The van der Waals surface area contributed by atoms with Gasteiger partial charge in [-0.25, -0.2) is 9.59 Å². The summed E-state index contributed by atoms with van der Waals surface area (Å²) in [6, 6.07) is 1.62. The summed E-state index contributed by atoms with van der Waals surface area (Å²) < 4.78 is 15.2. The Labute approximate surface area is 150 Å². The molecule has 0 saturated carbocycles. The zero-order chi connectivity index (χ0) is 18.8. The molecular formula is C16H22N2O6S. The molecule has 1 aliphatic rings. The largest absolute Gasteiger partial charge is 0.495 e. The van der Waals surface area contributed by atoms with Gasteiger partial charge < -0.3 is 19.1 Å². The first-order valence-corrected chi connectivity index (χ1v) is 8.52. The predicted molar refractivity (Wildman–Crippen MR) is 92.4 cm³/mol. The van der Waals surface area contributed by atoms with Gasteiger partial charge in [-0.2, -0.15) is 0 Å². The Hall–Kier alpha value is -2.29. The summed E-state index contributed by atoms with van der Waals surface area (Å²) in [6.45, 7) is 5.89. The highest BCUT2D eigenvalue weighted by Gasteiger charge is 2.32. The van der Waals surface area contributed by atoms with E-state index in [4.69, 9.17) is 14.2 Å². The summed E-state index contributed by atoms with van der Waals surface area (Å²) in [5.74, 6) is -0.417. The van der Waals surface area contributed by atoms with Gasteiger partial charge in [0.25, 0.3) is 0 Å². The van der Waals surface area contributed by atoms with Crippen LogP contribution in [-0.4, -0.2) is 62.3 Å². The van der Waals surface area contributed by atoms with E-state index in [0.29, 0.717) is 28.7 Å². The lowest BCUT2D eigenvalue weighted by Gasteiger charge is -2.34. The SMILES string of the molecule is COC(=O)c1sc(N2CCN(C(=O)OC(C)(C)C)CC2=O)cc1OC. The molecule has 1 aromatic heterocycles. The van der Waals surface area contributed by atoms with Crippen LogP contribution in [0.25, 0.3) is 0 Å². The highest BCUT2D eigenvalue weighted by molar-refractivity contribution is 7.18. The van der Waals surface area contributed by atoms with Crippen molar-refractivity contribution in [3.05, 3.63) is 10.9 Å². The Kier molecular flexibility index (Phi) is 5.56. The van der Waals surface area contributed by atoms with E-state index < -0.39 is 17.7 Å². The van der Waals surface area contributed by atoms with Gasteiger partial charge >= 0.3 is 12.1 Å². The summed E-state index contributed by atoms with van der Waals surface area (Å²) >= 11 is 1.12. The quantitative estimate of drug-likeness (QED) is 0.758. The number of anilines is 1. The van der Waals surface area contributed by atoms with Crippen molar-refractivity contribution in [3.63, 3.8) is 0 Å². The van der Waals surface area contributed by atoms with Crippen LogP contribution in [0.2, 0.25) is 0 Å². The molecule has 0 aromatic carbocycles. The van der Waals surface area contributed by atoms with Crippen LogP contribution < -0.4 is 9.64 Å². The van der Waals surface area contributed by atoms with Crippen LogP contribution in [0.1, 0.15) is 30.4 Å². The fourth-order valence-corrected chi connectivity index (χ4v) is 3.36. The molecule has 0 bridgehead atoms. The number of piperazine rings is 1. The van der Waals surface area contributed by atoms with Crippen LogP contribution in [0.15, 0.2) is 6.07 Å². The fraction of sp³-hybridized carbons (Fsp3) is 0.562. The third kappa shape index (κ3) is 4.41. The van der Waals surface area contributed by atoms with Gasteiger partial charge in [-0.3, -0.25) is 9.69 Å². The first kappa shape index (κ1) is 19.0. The van der Waals surface area contributed by atoms with Crippen LogP contribution in [-0.2, 0) is 14.3 Å². The van der Waals surface area contributed by atoms with Crippen molar-refractivity contribution in [1.29, 1.82) is 0 Å². The second-order valence-electron chi connectivity index (χ2n) is 6.42. The number of hydrogen-bond acceptors (Lipinski definition) is 7. The van der Waals surface area contributed by atoms with Gasteiger partial charge in [-0.05, 0) is 20.8 Å². The van der Waals surface area contributed by atoms with Gasteiger partial charge in [0.05, 0.1) is 14.2 Å². The lowest BCUT2D eigenvalue weighted by Crippen LogP contribution is -2.53. The van der Waals surface area contributed by atoms with Crippen molar-refractivity contribution in [1.82, 2.24) is 4.90 Å². The molecule has 2 rings (SSSR count). The third-order valence-corrected chi connectivity index (χ3v) is 4.53. The molecule has 1 saturated heterocycles. The molecule has 8 nitrogen and oxygen atoms in total. The monoisotopic (exact) mass is 370 g/mol. The number of nitrogens with zero attached hydrogens (tertiary/aromatic N) is 2. The molecule has 0 spiro atoms. The Morgan fingerprint density at radius 2 is 1.88 bits per heavy atom. The normalized spacial score (nSPS) is 15.2. The molecule has 1 fully saturated rings. The van der Waals surface area contributed by atoms with E-state index in [-0.39, 0.29) is 12.5 Å². The Morgan fingerprint density at radius 1 is 1.20 bits per heavy atom. The minimum atomic E-state index is -0.617. The van der Waals surface area contributed by atoms with Crippen molar-refractivity contribution in [3.8, 4) is 5.75 Å². The predicted octanol–water partition coefficient (Wildman–Crippen LogP) is 2.13. The molecule has 2 heterocycles. The summed E-state index contributed by atoms with van der Waals surface area (Å²) in [6.07, 6.45) is -0.514. The maximum Gasteiger partial charge on any atom is 0.410 e. The molecule has 0 aliphatic carbocycles. The molecule has 138 valence electrons. The van der Waals surface area contributed by atoms with E-state index in [1.54, 1.807) is 26.8 Å². The molecule has 9 heteroatoms. The fourth-order valence-electron chi connectivity index (χ4n) is 2.27. The maximum absolute atomic E-state index is 12.4. The zero-order valence-corrected chi connectivity index (χ0v) is 15.8. The molecule has 0 N–H and O–H groups in total. The average Bonchev–Trinajstić information content (AvgIpc) is 2.96. The van der Waals surface area contributed by atoms with Crippen molar-refractivity contribution in [2.45, 2.75) is 26.4 Å². The van der Waals surface area contributed by atoms with Crippen molar-refractivity contribution in [2.75, 3.05) is 38.8 Å². The van der Waals surface area contributed by atoms with Gasteiger partial charge in [0.2, 0.25) is 5.91 Å². The van der Waals surface area contributed by atoms with Crippen LogP contribution in [0.5, 0.6) is 5.75 Å². The minimum absolute atomic E-state index is 0.0807. The lowest BCUT2D eigenvalue weighted by atomic mass is 10.2. The number of hydrogen-bond donors (Lipinski definition) is 0. The minimum Gasteiger partial charge on any atom is -0.495 e. The zero-order valence-electron chi connectivity index (χ0n) is 15.0. The van der Waals surface area contributed by atoms with Gasteiger partial charge in [0, 0.05) is 19.2 Å². The van der Waals surface area contributed by atoms with Crippen LogP contribution in [0, 0.1) is 0 Å². The van der Waals surface area contributed by atoms with E-state index in [0.717, 1.165) is 11.3 Å². The number of esters is 1. The average molecular weight is 370 g/mol. The number of amides is 2. The summed E-state index contributed by atoms with van der Waals surface area (Å²) in [4.78, 5) is 39.5. The van der Waals surface area contributed by atoms with Crippen molar-refractivity contribution in [2.24, 2.45) is 0 Å². The van der Waals surface area contributed by atoms with E-state index in [9.17, 15) is 14.4 Å². The molecule has 0 atom stereocenters. The van der Waals surface area contributed by atoms with E-state index in [2.05, 4.69) is 0 Å². The molecule has 1 aliphatic heterocycles. The Balaban J connectivity index is 2.12. The summed E-state index contributed by atoms with van der Waals surface area (Å²) in [7, 11) is 2.73. The topological polar surface area (TPSA) is 85.4 Å². The first-order valence-electron chi connectivity index (χ1n) is 7.70. The van der Waals surface area contributed by atoms with Gasteiger partial charge in [0.1, 0.15) is 22.9 Å². The van der Waals surface area contributed by atoms with Crippen LogP contribution >= 0.6 is 11.3 Å². The molecule has 0 radical (unpaired) electrons. The molecule has 1 aromatic rings. The highest BCUT2D eigenvalue weighted by atomic mass is 32.1. The number of rotatable bonds is 3. The highest BCUT2D eigenvalue weighted by Crippen LogP contribution is 2.36. The molecule has 0 unspecified atom stereocenters. The first-order chi connectivity index (χ1) is 11.7. The Morgan fingerprint density at radius 3 is 2.40 bits per heavy atom. The van der Waals surface area contributed by atoms with Crippen LogP contribution in [0.4, 0.5) is 9.80 Å². The van der Waals surface area contributed by atoms with Crippen molar-refractivity contribution >= 4 is 34.3 Å². The molecular weight excluding hydrogens is 348 g/mol. The number of carbonyl (C=O) groups is 3. The number of carbonyl (C=O) groups excluding carboxylic acids is 3. The van der Waals surface area contributed by atoms with Gasteiger partial charge in [0.15, 0.2) is 4.88 Å². The van der Waals surface area contributed by atoms with E-state index in [1.165, 1.54) is 24.0 Å². The molecule has 25 heavy (non-hydrogen) atoms. The summed E-state index contributed by atoms with van der Waals surface area (Å²) in [5, 5.41) is 0.575. The van der Waals surface area contributed by atoms with E-state index in [1.807, 2.05) is 0 Å². The van der Waals surface area contributed by atoms with Crippen molar-refractivity contribution < 1.29 is 28.6 Å². The number of thiophene rings is 1. The Bertz CT molecular complexity index is 679. The second kappa shape index (κ2) is 7.30. The van der Waals surface area contributed by atoms with E-state index >= 15 is 0 Å². The van der Waals surface area contributed by atoms with Gasteiger partial charge in [-0.1, -0.05) is 0 Å². The summed E-state index contributed by atoms with van der Waals surface area (Å²) in [5.41, 5.74) is -0.617. The third-order valence-electron chi connectivity index (χ3n) is 3.41. The molecule has 2 amide bonds. The maximum atomic E-state index is 12.4. The number of methoxy groups -OCH3 is 2. The van der Waals surface area contributed by atoms with Gasteiger partial charge in [-0.15, -0.1) is 11.3 Å².